The second-order valence-electron chi connectivity index (χ2n) is 4.72. The number of carbonyl (C=O) groups is 2. The highest BCUT2D eigenvalue weighted by molar-refractivity contribution is 6.15. The number of aromatic carboxylic acids is 1. The third kappa shape index (κ3) is 2.12. The van der Waals surface area contributed by atoms with E-state index in [1.165, 1.54) is 11.0 Å². The van der Waals surface area contributed by atoms with Gasteiger partial charge in [0, 0.05) is 17.3 Å². The number of ether oxygens (including phenoxy) is 1. The lowest BCUT2D eigenvalue weighted by Crippen LogP contribution is -2.27. The molecule has 1 amide bonds. The summed E-state index contributed by atoms with van der Waals surface area (Å²) in [6, 6.07) is 11.8. The molecule has 1 aliphatic rings. The summed E-state index contributed by atoms with van der Waals surface area (Å²) in [4.78, 5) is 25.2. The number of carboxylic acids is 1. The van der Waals surface area contributed by atoms with Gasteiger partial charge < -0.3 is 19.5 Å². The van der Waals surface area contributed by atoms with Crippen molar-refractivity contribution in [1.29, 1.82) is 0 Å². The van der Waals surface area contributed by atoms with Crippen LogP contribution < -0.4 is 14.7 Å². The number of benzene rings is 2. The summed E-state index contributed by atoms with van der Waals surface area (Å²) < 4.78 is 5.15. The molecular weight excluding hydrogens is 270 g/mol. The van der Waals surface area contributed by atoms with Crippen LogP contribution >= 0.6 is 0 Å². The fourth-order valence-corrected chi connectivity index (χ4v) is 2.52. The van der Waals surface area contributed by atoms with E-state index in [9.17, 15) is 14.7 Å². The lowest BCUT2D eigenvalue weighted by Gasteiger charge is -2.16. The van der Waals surface area contributed by atoms with Crippen molar-refractivity contribution in [2.24, 2.45) is 0 Å². The third-order valence-corrected chi connectivity index (χ3v) is 3.52. The van der Waals surface area contributed by atoms with Gasteiger partial charge in [0.2, 0.25) is 0 Å². The molecule has 5 nitrogen and oxygen atoms in total. The average molecular weight is 282 g/mol. The Labute approximate surface area is 121 Å². The lowest BCUT2D eigenvalue weighted by molar-refractivity contribution is -0.255. The van der Waals surface area contributed by atoms with Gasteiger partial charge >= 0.3 is 0 Å². The second-order valence-corrected chi connectivity index (χ2v) is 4.72. The highest BCUT2D eigenvalue weighted by Crippen LogP contribution is 2.31. The number of hydrogen-bond acceptors (Lipinski definition) is 4. The molecule has 1 heterocycles. The van der Waals surface area contributed by atoms with E-state index in [0.717, 1.165) is 0 Å². The minimum Gasteiger partial charge on any atom is -0.545 e. The van der Waals surface area contributed by atoms with Crippen LogP contribution in [0.25, 0.3) is 0 Å². The predicted octanol–water partition coefficient (Wildman–Crippen LogP) is 1.22. The minimum atomic E-state index is -1.34. The van der Waals surface area contributed by atoms with Gasteiger partial charge in [0.1, 0.15) is 5.75 Å². The molecule has 5 heteroatoms. The first-order valence-corrected chi connectivity index (χ1v) is 6.41. The molecular formula is C16H12NO4-. The highest BCUT2D eigenvalue weighted by Gasteiger charge is 2.31. The maximum atomic E-state index is 12.5. The van der Waals surface area contributed by atoms with Crippen LogP contribution in [0.2, 0.25) is 0 Å². The zero-order valence-electron chi connectivity index (χ0n) is 11.3. The molecule has 0 atom stereocenters. The fraction of sp³-hybridized carbons (Fsp3) is 0.125. The van der Waals surface area contributed by atoms with Gasteiger partial charge in [-0.2, -0.15) is 0 Å². The van der Waals surface area contributed by atoms with Crippen LogP contribution in [0.5, 0.6) is 5.75 Å². The van der Waals surface area contributed by atoms with Crippen LogP contribution in [0.15, 0.2) is 42.5 Å². The zero-order chi connectivity index (χ0) is 15.0. The molecule has 3 rings (SSSR count). The topological polar surface area (TPSA) is 69.7 Å². The van der Waals surface area contributed by atoms with Crippen molar-refractivity contribution < 1.29 is 19.4 Å². The van der Waals surface area contributed by atoms with E-state index in [-0.39, 0.29) is 17.0 Å². The molecule has 0 unspecified atom stereocenters. The van der Waals surface area contributed by atoms with Gasteiger partial charge in [-0.15, -0.1) is 0 Å². The number of rotatable bonds is 3. The summed E-state index contributed by atoms with van der Waals surface area (Å²) in [6.45, 7) is 0.336. The second kappa shape index (κ2) is 4.94. The molecule has 0 aliphatic carbocycles. The highest BCUT2D eigenvalue weighted by atomic mass is 16.5. The average Bonchev–Trinajstić information content (AvgIpc) is 2.84. The number of nitrogens with zero attached hydrogens (tertiary/aromatic N) is 1. The van der Waals surface area contributed by atoms with E-state index in [0.29, 0.717) is 23.5 Å². The Kier molecular flexibility index (Phi) is 3.10. The van der Waals surface area contributed by atoms with Crippen LogP contribution in [0.4, 0.5) is 5.69 Å². The minimum absolute atomic E-state index is 0.0668. The van der Waals surface area contributed by atoms with Crippen LogP contribution in [0.1, 0.15) is 26.3 Å². The maximum Gasteiger partial charge on any atom is 0.259 e. The van der Waals surface area contributed by atoms with E-state index < -0.39 is 5.97 Å². The summed E-state index contributed by atoms with van der Waals surface area (Å²) in [5.41, 5.74) is 1.49. The zero-order valence-corrected chi connectivity index (χ0v) is 11.3. The number of anilines is 1. The number of carboxylic acid groups (broad SMARTS) is 1. The van der Waals surface area contributed by atoms with Gasteiger partial charge in [0.25, 0.3) is 5.91 Å². The van der Waals surface area contributed by atoms with Crippen LogP contribution in [-0.2, 0) is 6.54 Å². The van der Waals surface area contributed by atoms with Crippen molar-refractivity contribution in [3.8, 4) is 5.75 Å². The molecule has 0 aromatic heterocycles. The van der Waals surface area contributed by atoms with Gasteiger partial charge in [-0.1, -0.05) is 24.3 Å². The first-order chi connectivity index (χ1) is 10.1. The Balaban J connectivity index is 2.04. The van der Waals surface area contributed by atoms with Crippen LogP contribution in [0.3, 0.4) is 0 Å². The summed E-state index contributed by atoms with van der Waals surface area (Å²) in [5.74, 6) is -1.04. The summed E-state index contributed by atoms with van der Waals surface area (Å²) in [5, 5.41) is 11.1. The third-order valence-electron chi connectivity index (χ3n) is 3.52. The monoisotopic (exact) mass is 282 g/mol. The van der Waals surface area contributed by atoms with Crippen molar-refractivity contribution in [3.05, 3.63) is 59.2 Å². The molecule has 0 saturated carbocycles. The number of amides is 1. The predicted molar refractivity (Wildman–Crippen MR) is 74.3 cm³/mol. The molecule has 0 radical (unpaired) electrons. The molecule has 1 aliphatic heterocycles. The molecule has 0 N–H and O–H groups in total. The molecule has 0 fully saturated rings. The van der Waals surface area contributed by atoms with Crippen molar-refractivity contribution in [3.63, 3.8) is 0 Å². The smallest absolute Gasteiger partial charge is 0.259 e. The Hall–Kier alpha value is -2.82. The SMILES string of the molecule is COc1cccc(N2Cc3cccc(C(=O)[O-])c3C2=O)c1. The number of fused-ring (bicyclic) bond motifs is 1. The molecule has 0 saturated heterocycles. The van der Waals surface area contributed by atoms with Gasteiger partial charge in [-0.05, 0) is 17.7 Å². The number of methoxy groups -OCH3 is 1. The molecule has 2 aromatic rings. The standard InChI is InChI=1S/C16H13NO4/c1-21-12-6-3-5-11(8-12)17-9-10-4-2-7-13(16(19)20)14(10)15(17)18/h2-8H,9H2,1H3,(H,19,20)/p-1. The van der Waals surface area contributed by atoms with Gasteiger partial charge in [0.05, 0.1) is 25.2 Å². The largest absolute Gasteiger partial charge is 0.545 e. The summed E-state index contributed by atoms with van der Waals surface area (Å²) in [6.07, 6.45) is 0. The Morgan fingerprint density at radius 1 is 1.24 bits per heavy atom. The molecule has 106 valence electrons. The number of carbonyl (C=O) groups excluding carboxylic acids is 2. The van der Waals surface area contributed by atoms with E-state index in [2.05, 4.69) is 0 Å². The fourth-order valence-electron chi connectivity index (χ4n) is 2.52. The quantitative estimate of drug-likeness (QED) is 0.848. The van der Waals surface area contributed by atoms with Crippen LogP contribution in [-0.4, -0.2) is 19.0 Å². The Morgan fingerprint density at radius 2 is 2.00 bits per heavy atom. The lowest BCUT2D eigenvalue weighted by atomic mass is 10.0. The van der Waals surface area contributed by atoms with Gasteiger partial charge in [0.15, 0.2) is 0 Å². The maximum absolute atomic E-state index is 12.5. The molecule has 0 bridgehead atoms. The first kappa shape index (κ1) is 13.2. The van der Waals surface area contributed by atoms with Crippen molar-refractivity contribution in [2.75, 3.05) is 12.0 Å². The first-order valence-electron chi connectivity index (χ1n) is 6.41. The summed E-state index contributed by atoms with van der Waals surface area (Å²) >= 11 is 0. The van der Waals surface area contributed by atoms with Gasteiger partial charge in [-0.3, -0.25) is 4.79 Å². The Morgan fingerprint density at radius 3 is 2.71 bits per heavy atom. The van der Waals surface area contributed by atoms with E-state index in [4.69, 9.17) is 4.74 Å². The van der Waals surface area contributed by atoms with E-state index in [1.807, 2.05) is 0 Å². The van der Waals surface area contributed by atoms with Crippen LogP contribution in [0, 0.1) is 0 Å². The Bertz CT molecular complexity index is 739. The number of hydrogen-bond donors (Lipinski definition) is 0. The van der Waals surface area contributed by atoms with Crippen molar-refractivity contribution in [2.45, 2.75) is 6.54 Å². The van der Waals surface area contributed by atoms with E-state index in [1.54, 1.807) is 43.5 Å². The molecule has 21 heavy (non-hydrogen) atoms. The molecule has 2 aromatic carbocycles. The van der Waals surface area contributed by atoms with Gasteiger partial charge in [-0.25, -0.2) is 0 Å². The summed E-state index contributed by atoms with van der Waals surface area (Å²) in [7, 11) is 1.55. The normalized spacial score (nSPS) is 13.2. The molecule has 0 spiro atoms. The van der Waals surface area contributed by atoms with E-state index >= 15 is 0 Å². The van der Waals surface area contributed by atoms with Crippen molar-refractivity contribution in [1.82, 2.24) is 0 Å². The van der Waals surface area contributed by atoms with Crippen molar-refractivity contribution >= 4 is 17.6 Å².